The van der Waals surface area contributed by atoms with Crippen LogP contribution in [0.2, 0.25) is 4.34 Å². The number of carbonyl (C=O) groups is 4. The molecule has 0 spiro atoms. The van der Waals surface area contributed by atoms with Gasteiger partial charge in [-0.25, -0.2) is 0 Å². The number of primary amides is 1. The number of hydrogen-bond donors (Lipinski definition) is 3. The summed E-state index contributed by atoms with van der Waals surface area (Å²) in [4.78, 5) is 50.1. The van der Waals surface area contributed by atoms with Crippen LogP contribution in [-0.4, -0.2) is 49.4 Å². The number of carbonyl (C=O) groups excluding carboxylic acids is 4. The van der Waals surface area contributed by atoms with Crippen molar-refractivity contribution in [3.63, 3.8) is 0 Å². The van der Waals surface area contributed by atoms with Gasteiger partial charge in [-0.2, -0.15) is 0 Å². The number of nitrogens with two attached hydrogens (primary N) is 1. The van der Waals surface area contributed by atoms with E-state index in [-0.39, 0.29) is 18.9 Å². The topological polar surface area (TPSA) is 131 Å². The summed E-state index contributed by atoms with van der Waals surface area (Å²) < 4.78 is 5.53. The predicted octanol–water partition coefficient (Wildman–Crippen LogP) is 1.38. The van der Waals surface area contributed by atoms with Gasteiger partial charge >= 0.3 is 0 Å². The Morgan fingerprint density at radius 1 is 1.20 bits per heavy atom. The van der Waals surface area contributed by atoms with Crippen molar-refractivity contribution >= 4 is 57.9 Å². The highest BCUT2D eigenvalue weighted by atomic mass is 35.5. The molecule has 1 atom stereocenters. The van der Waals surface area contributed by atoms with E-state index >= 15 is 0 Å². The van der Waals surface area contributed by atoms with E-state index in [0.717, 1.165) is 11.3 Å². The highest BCUT2D eigenvalue weighted by Crippen LogP contribution is 2.22. The minimum Gasteiger partial charge on any atom is -0.370 e. The van der Waals surface area contributed by atoms with E-state index in [0.29, 0.717) is 33.7 Å². The Balaban J connectivity index is 1.66. The molecule has 2 aromatic rings. The van der Waals surface area contributed by atoms with Gasteiger partial charge in [-0.3, -0.25) is 19.2 Å². The number of morpholine rings is 1. The summed E-state index contributed by atoms with van der Waals surface area (Å²) >= 11 is 6.88. The number of rotatable bonds is 7. The van der Waals surface area contributed by atoms with E-state index < -0.39 is 23.8 Å². The first-order valence-corrected chi connectivity index (χ1v) is 10.2. The van der Waals surface area contributed by atoms with Gasteiger partial charge in [0.15, 0.2) is 0 Å². The summed E-state index contributed by atoms with van der Waals surface area (Å²) in [6, 6.07) is 8.55. The summed E-state index contributed by atoms with van der Waals surface area (Å²) in [5.41, 5.74) is 6.34. The number of amides is 4. The van der Waals surface area contributed by atoms with E-state index in [4.69, 9.17) is 22.1 Å². The average molecular weight is 451 g/mol. The molecule has 11 heteroatoms. The van der Waals surface area contributed by atoms with Gasteiger partial charge in [0.05, 0.1) is 22.2 Å². The molecule has 158 valence electrons. The zero-order valence-electron chi connectivity index (χ0n) is 15.7. The molecule has 0 saturated carbocycles. The molecule has 9 nitrogen and oxygen atoms in total. The Morgan fingerprint density at radius 3 is 2.53 bits per heavy atom. The third-order valence-electron chi connectivity index (χ3n) is 4.26. The zero-order valence-corrected chi connectivity index (χ0v) is 17.3. The molecule has 1 aliphatic heterocycles. The van der Waals surface area contributed by atoms with Gasteiger partial charge in [0.1, 0.15) is 12.6 Å². The maximum absolute atomic E-state index is 12.6. The first kappa shape index (κ1) is 21.8. The van der Waals surface area contributed by atoms with Crippen molar-refractivity contribution in [3.8, 4) is 0 Å². The molecule has 4 N–H and O–H groups in total. The van der Waals surface area contributed by atoms with Crippen LogP contribution in [0.4, 0.5) is 11.4 Å². The van der Waals surface area contributed by atoms with Gasteiger partial charge in [0.2, 0.25) is 11.8 Å². The fourth-order valence-electron chi connectivity index (χ4n) is 2.82. The molecule has 0 aliphatic carbocycles. The van der Waals surface area contributed by atoms with Crippen LogP contribution >= 0.6 is 22.9 Å². The van der Waals surface area contributed by atoms with E-state index in [9.17, 15) is 19.2 Å². The van der Waals surface area contributed by atoms with Crippen LogP contribution in [-0.2, 0) is 19.1 Å². The number of anilines is 2. The molecule has 2 heterocycles. The summed E-state index contributed by atoms with van der Waals surface area (Å²) in [5, 5.41) is 5.14. The van der Waals surface area contributed by atoms with Crippen molar-refractivity contribution in [3.05, 3.63) is 45.6 Å². The number of hydrogen-bond acceptors (Lipinski definition) is 6. The number of nitrogens with zero attached hydrogens (tertiary/aromatic N) is 1. The van der Waals surface area contributed by atoms with Crippen molar-refractivity contribution in [1.29, 1.82) is 0 Å². The molecule has 3 rings (SSSR count). The largest absolute Gasteiger partial charge is 0.370 e. The van der Waals surface area contributed by atoms with Crippen LogP contribution in [0, 0.1) is 0 Å². The normalized spacial score (nSPS) is 14.8. The lowest BCUT2D eigenvalue weighted by molar-refractivity contribution is -0.125. The second-order valence-electron chi connectivity index (χ2n) is 6.43. The van der Waals surface area contributed by atoms with Crippen molar-refractivity contribution in [1.82, 2.24) is 5.32 Å². The molecular formula is C19H19ClN4O5S. The molecule has 1 unspecified atom stereocenters. The lowest BCUT2D eigenvalue weighted by Crippen LogP contribution is -2.45. The Labute approximate surface area is 181 Å². The Kier molecular flexibility index (Phi) is 7.03. The summed E-state index contributed by atoms with van der Waals surface area (Å²) in [6.45, 7) is 0.931. The SMILES string of the molecule is NC(=O)CC(NC(=O)c1ccc(Cl)s1)C(=O)Nc1ccc(N2CCOCC2=O)cc1. The standard InChI is InChI=1S/C19H19ClN4O5S/c20-15-6-5-14(30-15)19(28)23-13(9-16(21)25)18(27)22-11-1-3-12(4-2-11)24-7-8-29-10-17(24)26/h1-6,13H,7-10H2,(H2,21,25)(H,22,27)(H,23,28). The van der Waals surface area contributed by atoms with Gasteiger partial charge < -0.3 is 26.0 Å². The van der Waals surface area contributed by atoms with E-state index in [1.54, 1.807) is 35.2 Å². The number of thiophene rings is 1. The number of ether oxygens (including phenoxy) is 1. The van der Waals surface area contributed by atoms with Crippen molar-refractivity contribution in [2.45, 2.75) is 12.5 Å². The molecule has 0 radical (unpaired) electrons. The molecule has 1 saturated heterocycles. The van der Waals surface area contributed by atoms with E-state index in [1.165, 1.54) is 6.07 Å². The Bertz CT molecular complexity index is 962. The zero-order chi connectivity index (χ0) is 21.7. The third kappa shape index (κ3) is 5.56. The maximum Gasteiger partial charge on any atom is 0.262 e. The monoisotopic (exact) mass is 450 g/mol. The van der Waals surface area contributed by atoms with Gasteiger partial charge in [0, 0.05) is 17.9 Å². The second kappa shape index (κ2) is 9.70. The molecule has 0 bridgehead atoms. The minimum atomic E-state index is -1.16. The van der Waals surface area contributed by atoms with Crippen molar-refractivity contribution in [2.75, 3.05) is 30.0 Å². The summed E-state index contributed by atoms with van der Waals surface area (Å²) in [5.74, 6) is -2.01. The molecule has 1 aromatic heterocycles. The molecule has 1 aliphatic rings. The molecule has 1 aromatic carbocycles. The second-order valence-corrected chi connectivity index (χ2v) is 8.15. The average Bonchev–Trinajstić information content (AvgIpc) is 3.15. The molecule has 1 fully saturated rings. The van der Waals surface area contributed by atoms with E-state index in [2.05, 4.69) is 10.6 Å². The fourth-order valence-corrected chi connectivity index (χ4v) is 3.77. The maximum atomic E-state index is 12.6. The fraction of sp³-hybridized carbons (Fsp3) is 0.263. The van der Waals surface area contributed by atoms with Crippen LogP contribution in [0.1, 0.15) is 16.1 Å². The molecule has 4 amide bonds. The van der Waals surface area contributed by atoms with Crippen LogP contribution in [0.15, 0.2) is 36.4 Å². The van der Waals surface area contributed by atoms with Crippen molar-refractivity contribution in [2.24, 2.45) is 5.73 Å². The van der Waals surface area contributed by atoms with Crippen LogP contribution < -0.4 is 21.3 Å². The smallest absolute Gasteiger partial charge is 0.262 e. The van der Waals surface area contributed by atoms with E-state index in [1.807, 2.05) is 0 Å². The van der Waals surface area contributed by atoms with Crippen LogP contribution in [0.25, 0.3) is 0 Å². The lowest BCUT2D eigenvalue weighted by Gasteiger charge is -2.27. The minimum absolute atomic E-state index is 0.0302. The van der Waals surface area contributed by atoms with Gasteiger partial charge in [0.25, 0.3) is 11.8 Å². The van der Waals surface area contributed by atoms with Crippen LogP contribution in [0.5, 0.6) is 0 Å². The molecular weight excluding hydrogens is 432 g/mol. The third-order valence-corrected chi connectivity index (χ3v) is 5.49. The predicted molar refractivity (Wildman–Crippen MR) is 113 cm³/mol. The summed E-state index contributed by atoms with van der Waals surface area (Å²) in [7, 11) is 0. The number of nitrogens with one attached hydrogen (secondary N) is 2. The first-order chi connectivity index (χ1) is 14.3. The number of benzene rings is 1. The lowest BCUT2D eigenvalue weighted by atomic mass is 10.1. The van der Waals surface area contributed by atoms with Crippen LogP contribution in [0.3, 0.4) is 0 Å². The quantitative estimate of drug-likeness (QED) is 0.586. The highest BCUT2D eigenvalue weighted by molar-refractivity contribution is 7.18. The Hall–Kier alpha value is -2.95. The number of halogens is 1. The first-order valence-electron chi connectivity index (χ1n) is 8.97. The summed E-state index contributed by atoms with van der Waals surface area (Å²) in [6.07, 6.45) is -0.364. The van der Waals surface area contributed by atoms with Gasteiger partial charge in [-0.05, 0) is 36.4 Å². The Morgan fingerprint density at radius 2 is 1.93 bits per heavy atom. The molecule has 30 heavy (non-hydrogen) atoms. The highest BCUT2D eigenvalue weighted by Gasteiger charge is 2.25. The van der Waals surface area contributed by atoms with Crippen molar-refractivity contribution < 1.29 is 23.9 Å². The van der Waals surface area contributed by atoms with Gasteiger partial charge in [-0.15, -0.1) is 11.3 Å². The van der Waals surface area contributed by atoms with Gasteiger partial charge in [-0.1, -0.05) is 11.6 Å².